The van der Waals surface area contributed by atoms with E-state index in [0.29, 0.717) is 33.6 Å². The highest BCUT2D eigenvalue weighted by molar-refractivity contribution is 6.10. The van der Waals surface area contributed by atoms with Crippen molar-refractivity contribution in [2.24, 2.45) is 11.5 Å². The van der Waals surface area contributed by atoms with Gasteiger partial charge < -0.3 is 20.6 Å². The maximum absolute atomic E-state index is 14.0. The van der Waals surface area contributed by atoms with Crippen molar-refractivity contribution in [3.05, 3.63) is 64.7 Å². The zero-order chi connectivity index (χ0) is 20.6. The summed E-state index contributed by atoms with van der Waals surface area (Å²) in [4.78, 5) is 24.2. The van der Waals surface area contributed by atoms with Crippen LogP contribution in [0, 0.1) is 12.7 Å². The highest BCUT2D eigenvalue weighted by atomic mass is 19.1. The van der Waals surface area contributed by atoms with E-state index in [1.165, 1.54) is 6.07 Å². The number of carbonyl (C=O) groups is 2. The van der Waals surface area contributed by atoms with Gasteiger partial charge in [-0.2, -0.15) is 0 Å². The van der Waals surface area contributed by atoms with Gasteiger partial charge in [-0.1, -0.05) is 18.2 Å². The molecule has 7 heteroatoms. The van der Waals surface area contributed by atoms with Gasteiger partial charge in [0, 0.05) is 16.5 Å². The fraction of sp³-hybridized carbons (Fsp3) is 0.238. The number of hydrogen-bond acceptors (Lipinski definition) is 4. The van der Waals surface area contributed by atoms with E-state index in [1.807, 2.05) is 0 Å². The molecule has 3 aromatic rings. The summed E-state index contributed by atoms with van der Waals surface area (Å²) in [5.41, 5.74) is 11.2. The van der Waals surface area contributed by atoms with Crippen molar-refractivity contribution in [2.45, 2.75) is 32.8 Å². The third kappa shape index (κ3) is 3.19. The van der Waals surface area contributed by atoms with Crippen LogP contribution in [0.2, 0.25) is 0 Å². The third-order valence-electron chi connectivity index (χ3n) is 4.82. The maximum Gasteiger partial charge on any atom is 0.252 e. The van der Waals surface area contributed by atoms with Gasteiger partial charge in [-0.15, -0.1) is 0 Å². The van der Waals surface area contributed by atoms with Crippen molar-refractivity contribution in [3.8, 4) is 5.75 Å². The molecule has 2 aromatic carbocycles. The molecule has 0 spiro atoms. The summed E-state index contributed by atoms with van der Waals surface area (Å²) in [5, 5.41) is 0.375. The van der Waals surface area contributed by atoms with E-state index in [-0.39, 0.29) is 12.2 Å². The van der Waals surface area contributed by atoms with Crippen LogP contribution in [0.4, 0.5) is 4.39 Å². The molecular weight excluding hydrogens is 363 g/mol. The van der Waals surface area contributed by atoms with E-state index < -0.39 is 23.0 Å². The van der Waals surface area contributed by atoms with Crippen molar-refractivity contribution >= 4 is 22.8 Å². The lowest BCUT2D eigenvalue weighted by molar-refractivity contribution is -0.122. The van der Waals surface area contributed by atoms with Crippen LogP contribution < -0.4 is 16.2 Å². The maximum atomic E-state index is 14.0. The minimum atomic E-state index is -1.20. The van der Waals surface area contributed by atoms with Crippen LogP contribution in [0.5, 0.6) is 5.75 Å². The van der Waals surface area contributed by atoms with Crippen LogP contribution in [0.15, 0.2) is 40.8 Å². The molecule has 0 radical (unpaired) electrons. The van der Waals surface area contributed by atoms with Crippen molar-refractivity contribution in [3.63, 3.8) is 0 Å². The number of fused-ring (bicyclic) bond motifs is 1. The second kappa shape index (κ2) is 6.99. The average Bonchev–Trinajstić information content (AvgIpc) is 2.96. The van der Waals surface area contributed by atoms with Crippen LogP contribution in [-0.2, 0) is 16.8 Å². The molecule has 3 rings (SSSR count). The minimum absolute atomic E-state index is 0.0667. The first kappa shape index (κ1) is 19.4. The minimum Gasteiger partial charge on any atom is -0.488 e. The monoisotopic (exact) mass is 384 g/mol. The van der Waals surface area contributed by atoms with Crippen LogP contribution in [0.3, 0.4) is 0 Å². The molecule has 2 amide bonds. The predicted molar refractivity (Wildman–Crippen MR) is 102 cm³/mol. The first-order chi connectivity index (χ1) is 13.1. The molecule has 1 heterocycles. The summed E-state index contributed by atoms with van der Waals surface area (Å²) in [6.45, 7) is 4.78. The van der Waals surface area contributed by atoms with Gasteiger partial charge in [0.05, 0.1) is 11.0 Å². The summed E-state index contributed by atoms with van der Waals surface area (Å²) in [6.07, 6.45) is 0. The molecule has 0 aliphatic heterocycles. The quantitative estimate of drug-likeness (QED) is 0.679. The Kier molecular flexibility index (Phi) is 4.85. The lowest BCUT2D eigenvalue weighted by atomic mass is 9.80. The van der Waals surface area contributed by atoms with Crippen LogP contribution in [-0.4, -0.2) is 11.8 Å². The summed E-state index contributed by atoms with van der Waals surface area (Å²) in [6, 6.07) is 9.44. The Hall–Kier alpha value is -3.35. The van der Waals surface area contributed by atoms with E-state index in [9.17, 15) is 14.0 Å². The van der Waals surface area contributed by atoms with Crippen molar-refractivity contribution < 1.29 is 23.1 Å². The lowest BCUT2D eigenvalue weighted by Crippen LogP contribution is -2.36. The number of rotatable bonds is 6. The molecule has 4 N–H and O–H groups in total. The van der Waals surface area contributed by atoms with Gasteiger partial charge in [0.25, 0.3) is 5.91 Å². The number of benzene rings is 2. The Bertz CT molecular complexity index is 1090. The standard InChI is InChI=1S/C21H21FN2O4/c1-11-16(19(23)25)17-14(28-11)8-9-15(18(17)21(2,3)20(24)26)27-10-12-6-4-5-7-13(12)22/h4-9H,10H2,1-3H3,(H2,23,25)(H2,24,26). The molecular formula is C21H21FN2O4. The summed E-state index contributed by atoms with van der Waals surface area (Å²) < 4.78 is 25.4. The predicted octanol–water partition coefficient (Wildman–Crippen LogP) is 3.32. The van der Waals surface area contributed by atoms with Crippen LogP contribution >= 0.6 is 0 Å². The Balaban J connectivity index is 2.22. The number of carbonyl (C=O) groups excluding carboxylic acids is 2. The van der Waals surface area contributed by atoms with Gasteiger partial charge in [-0.25, -0.2) is 4.39 Å². The number of ether oxygens (including phenoxy) is 1. The van der Waals surface area contributed by atoms with E-state index in [0.717, 1.165) is 0 Å². The van der Waals surface area contributed by atoms with Crippen molar-refractivity contribution in [1.29, 1.82) is 0 Å². The molecule has 0 atom stereocenters. The number of primary amides is 2. The van der Waals surface area contributed by atoms with Gasteiger partial charge >= 0.3 is 0 Å². The number of furan rings is 1. The molecule has 0 unspecified atom stereocenters. The van der Waals surface area contributed by atoms with Crippen molar-refractivity contribution in [2.75, 3.05) is 0 Å². The Morgan fingerprint density at radius 3 is 2.43 bits per heavy atom. The molecule has 0 aliphatic carbocycles. The second-order valence-corrected chi connectivity index (χ2v) is 7.08. The molecule has 0 saturated carbocycles. The molecule has 1 aromatic heterocycles. The Labute approximate surface area is 161 Å². The van der Waals surface area contributed by atoms with Gasteiger partial charge in [-0.05, 0) is 39.0 Å². The summed E-state index contributed by atoms with van der Waals surface area (Å²) in [7, 11) is 0. The smallest absolute Gasteiger partial charge is 0.252 e. The Morgan fingerprint density at radius 1 is 1.14 bits per heavy atom. The molecule has 6 nitrogen and oxygen atoms in total. The number of halogens is 1. The normalized spacial score (nSPS) is 11.6. The summed E-state index contributed by atoms with van der Waals surface area (Å²) >= 11 is 0. The molecule has 0 saturated heterocycles. The molecule has 146 valence electrons. The van der Waals surface area contributed by atoms with Crippen LogP contribution in [0.25, 0.3) is 11.0 Å². The third-order valence-corrected chi connectivity index (χ3v) is 4.82. The first-order valence-electron chi connectivity index (χ1n) is 8.67. The fourth-order valence-corrected chi connectivity index (χ4v) is 3.22. The molecule has 0 fully saturated rings. The zero-order valence-electron chi connectivity index (χ0n) is 15.8. The van der Waals surface area contributed by atoms with Crippen LogP contribution in [0.1, 0.15) is 41.1 Å². The molecule has 28 heavy (non-hydrogen) atoms. The SMILES string of the molecule is Cc1oc2ccc(OCc3ccccc3F)c(C(C)(C)C(N)=O)c2c1C(N)=O. The largest absolute Gasteiger partial charge is 0.488 e. The molecule has 0 bridgehead atoms. The lowest BCUT2D eigenvalue weighted by Gasteiger charge is -2.25. The second-order valence-electron chi connectivity index (χ2n) is 7.08. The van der Waals surface area contributed by atoms with Gasteiger partial charge in [0.1, 0.15) is 29.5 Å². The number of hydrogen-bond donors (Lipinski definition) is 2. The van der Waals surface area contributed by atoms with Gasteiger partial charge in [-0.3, -0.25) is 9.59 Å². The topological polar surface area (TPSA) is 109 Å². The van der Waals surface area contributed by atoms with E-state index >= 15 is 0 Å². The number of amides is 2. The van der Waals surface area contributed by atoms with Gasteiger partial charge in [0.15, 0.2) is 0 Å². The van der Waals surface area contributed by atoms with E-state index in [1.54, 1.807) is 51.1 Å². The summed E-state index contributed by atoms with van der Waals surface area (Å²) in [5.74, 6) is -1.09. The average molecular weight is 384 g/mol. The highest BCUT2D eigenvalue weighted by Gasteiger charge is 2.36. The van der Waals surface area contributed by atoms with E-state index in [4.69, 9.17) is 20.6 Å². The highest BCUT2D eigenvalue weighted by Crippen LogP contribution is 2.41. The number of aryl methyl sites for hydroxylation is 1. The Morgan fingerprint density at radius 2 is 1.82 bits per heavy atom. The van der Waals surface area contributed by atoms with Gasteiger partial charge in [0.2, 0.25) is 5.91 Å². The first-order valence-corrected chi connectivity index (χ1v) is 8.67. The zero-order valence-corrected chi connectivity index (χ0v) is 15.8. The molecule has 0 aliphatic rings. The van der Waals surface area contributed by atoms with Crippen molar-refractivity contribution in [1.82, 2.24) is 0 Å². The van der Waals surface area contributed by atoms with E-state index in [2.05, 4.69) is 0 Å². The fourth-order valence-electron chi connectivity index (χ4n) is 3.22. The number of nitrogens with two attached hydrogens (primary N) is 2.